The van der Waals surface area contributed by atoms with E-state index in [9.17, 15) is 4.79 Å². The van der Waals surface area contributed by atoms with Gasteiger partial charge < -0.3 is 10.2 Å². The average Bonchev–Trinajstić information content (AvgIpc) is 2.50. The molecule has 1 heterocycles. The minimum atomic E-state index is -0.195. The molecule has 0 aliphatic rings. The fourth-order valence-electron chi connectivity index (χ4n) is 2.15. The first-order valence-corrected chi connectivity index (χ1v) is 6.94. The van der Waals surface area contributed by atoms with E-state index < -0.39 is 0 Å². The molecule has 4 nitrogen and oxygen atoms in total. The highest BCUT2D eigenvalue weighted by Crippen LogP contribution is 2.15. The number of benzene rings is 1. The summed E-state index contributed by atoms with van der Waals surface area (Å²) in [4.78, 5) is 18.1. The second kappa shape index (κ2) is 6.48. The van der Waals surface area contributed by atoms with Gasteiger partial charge in [0.25, 0.3) is 0 Å². The van der Waals surface area contributed by atoms with Gasteiger partial charge >= 0.3 is 0 Å². The first-order chi connectivity index (χ1) is 9.63. The molecule has 20 heavy (non-hydrogen) atoms. The van der Waals surface area contributed by atoms with Crippen LogP contribution in [0.25, 0.3) is 10.9 Å². The second-order valence-electron chi connectivity index (χ2n) is 4.95. The quantitative estimate of drug-likeness (QED) is 0.906. The summed E-state index contributed by atoms with van der Waals surface area (Å²) in [5.74, 6) is 0.112. The van der Waals surface area contributed by atoms with Crippen molar-refractivity contribution in [3.8, 4) is 0 Å². The Hall–Kier alpha value is -1.94. The molecule has 4 heteroatoms. The third-order valence-corrected chi connectivity index (χ3v) is 3.54. The topological polar surface area (TPSA) is 45.2 Å². The molecule has 1 amide bonds. The van der Waals surface area contributed by atoms with Crippen molar-refractivity contribution in [2.75, 3.05) is 13.6 Å². The van der Waals surface area contributed by atoms with Crippen molar-refractivity contribution in [1.29, 1.82) is 0 Å². The summed E-state index contributed by atoms with van der Waals surface area (Å²) in [6.07, 6.45) is 1.80. The normalized spacial score (nSPS) is 12.3. The molecule has 0 saturated heterocycles. The van der Waals surface area contributed by atoms with Crippen molar-refractivity contribution >= 4 is 16.8 Å². The standard InChI is InChI=1S/C16H21N3O/c1-4-19(3)16(20)12(2)18-11-14-8-5-7-13-9-6-10-17-15(13)14/h5-10,12,18H,4,11H2,1-3H3. The summed E-state index contributed by atoms with van der Waals surface area (Å²) in [7, 11) is 1.82. The number of likely N-dealkylation sites (N-methyl/N-ethyl adjacent to an activating group) is 1. The summed E-state index contributed by atoms with van der Waals surface area (Å²) in [6.45, 7) is 5.23. The van der Waals surface area contributed by atoms with Gasteiger partial charge in [-0.2, -0.15) is 0 Å². The van der Waals surface area contributed by atoms with Gasteiger partial charge in [0.2, 0.25) is 5.91 Å². The lowest BCUT2D eigenvalue weighted by molar-refractivity contribution is -0.131. The molecule has 0 bridgehead atoms. The Labute approximate surface area is 119 Å². The van der Waals surface area contributed by atoms with Gasteiger partial charge in [0.05, 0.1) is 11.6 Å². The van der Waals surface area contributed by atoms with Crippen LogP contribution in [0.4, 0.5) is 0 Å². The summed E-state index contributed by atoms with van der Waals surface area (Å²) < 4.78 is 0. The zero-order valence-electron chi connectivity index (χ0n) is 12.3. The van der Waals surface area contributed by atoms with Gasteiger partial charge in [-0.15, -0.1) is 0 Å². The van der Waals surface area contributed by atoms with Gasteiger partial charge in [-0.1, -0.05) is 24.3 Å². The van der Waals surface area contributed by atoms with Gasteiger partial charge in [0.1, 0.15) is 0 Å². The molecular weight excluding hydrogens is 250 g/mol. The largest absolute Gasteiger partial charge is 0.345 e. The van der Waals surface area contributed by atoms with Crippen molar-refractivity contribution in [2.24, 2.45) is 0 Å². The number of carbonyl (C=O) groups is 1. The van der Waals surface area contributed by atoms with Gasteiger partial charge in [-0.05, 0) is 25.5 Å². The van der Waals surface area contributed by atoms with Crippen molar-refractivity contribution in [2.45, 2.75) is 26.4 Å². The van der Waals surface area contributed by atoms with Crippen LogP contribution in [-0.2, 0) is 11.3 Å². The van der Waals surface area contributed by atoms with Gasteiger partial charge in [0, 0.05) is 31.7 Å². The molecule has 0 saturated carbocycles. The molecule has 0 spiro atoms. The highest BCUT2D eigenvalue weighted by molar-refractivity contribution is 5.82. The fraction of sp³-hybridized carbons (Fsp3) is 0.375. The van der Waals surface area contributed by atoms with Crippen LogP contribution in [0, 0.1) is 0 Å². The maximum absolute atomic E-state index is 12.0. The molecular formula is C16H21N3O. The Morgan fingerprint density at radius 2 is 2.10 bits per heavy atom. The van der Waals surface area contributed by atoms with Crippen molar-refractivity contribution in [3.63, 3.8) is 0 Å². The Bertz CT molecular complexity index is 592. The molecule has 0 aliphatic carbocycles. The molecule has 0 aliphatic heterocycles. The number of aromatic nitrogens is 1. The second-order valence-corrected chi connectivity index (χ2v) is 4.95. The predicted octanol–water partition coefficient (Wildman–Crippen LogP) is 2.19. The first kappa shape index (κ1) is 14.5. The fourth-order valence-corrected chi connectivity index (χ4v) is 2.15. The molecule has 2 rings (SSSR count). The van der Waals surface area contributed by atoms with Crippen LogP contribution in [0.3, 0.4) is 0 Å². The molecule has 1 aromatic carbocycles. The zero-order chi connectivity index (χ0) is 14.5. The lowest BCUT2D eigenvalue weighted by Crippen LogP contribution is -2.42. The Balaban J connectivity index is 2.08. The number of amides is 1. The van der Waals surface area contributed by atoms with E-state index in [4.69, 9.17) is 0 Å². The number of para-hydroxylation sites is 1. The summed E-state index contributed by atoms with van der Waals surface area (Å²) in [5.41, 5.74) is 2.10. The van der Waals surface area contributed by atoms with E-state index in [1.54, 1.807) is 11.1 Å². The first-order valence-electron chi connectivity index (χ1n) is 6.94. The molecule has 1 aromatic heterocycles. The van der Waals surface area contributed by atoms with Gasteiger partial charge in [0.15, 0.2) is 0 Å². The van der Waals surface area contributed by atoms with Crippen LogP contribution in [0.15, 0.2) is 36.5 Å². The molecule has 1 unspecified atom stereocenters. The number of pyridine rings is 1. The van der Waals surface area contributed by atoms with E-state index in [0.29, 0.717) is 6.54 Å². The number of carbonyl (C=O) groups excluding carboxylic acids is 1. The molecule has 0 radical (unpaired) electrons. The number of hydrogen-bond acceptors (Lipinski definition) is 3. The van der Waals surface area contributed by atoms with E-state index in [2.05, 4.69) is 10.3 Å². The highest BCUT2D eigenvalue weighted by Gasteiger charge is 2.15. The highest BCUT2D eigenvalue weighted by atomic mass is 16.2. The van der Waals surface area contributed by atoms with E-state index in [1.807, 2.05) is 51.2 Å². The SMILES string of the molecule is CCN(C)C(=O)C(C)NCc1cccc2cccnc12. The molecule has 0 fully saturated rings. The number of nitrogens with zero attached hydrogens (tertiary/aromatic N) is 2. The Morgan fingerprint density at radius 3 is 2.85 bits per heavy atom. The van der Waals surface area contributed by atoms with Crippen LogP contribution in [-0.4, -0.2) is 35.4 Å². The number of hydrogen-bond donors (Lipinski definition) is 1. The number of nitrogens with one attached hydrogen (secondary N) is 1. The van der Waals surface area contributed by atoms with Crippen LogP contribution < -0.4 is 5.32 Å². The van der Waals surface area contributed by atoms with Crippen molar-refractivity contribution in [3.05, 3.63) is 42.1 Å². The molecule has 2 aromatic rings. The summed E-state index contributed by atoms with van der Waals surface area (Å²) >= 11 is 0. The van der Waals surface area contributed by atoms with E-state index in [-0.39, 0.29) is 11.9 Å². The van der Waals surface area contributed by atoms with E-state index in [0.717, 1.165) is 23.0 Å². The summed E-state index contributed by atoms with van der Waals surface area (Å²) in [5, 5.41) is 4.40. The third kappa shape index (κ3) is 3.14. The third-order valence-electron chi connectivity index (χ3n) is 3.54. The van der Waals surface area contributed by atoms with Crippen LogP contribution in [0.1, 0.15) is 19.4 Å². The van der Waals surface area contributed by atoms with Crippen molar-refractivity contribution in [1.82, 2.24) is 15.2 Å². The lowest BCUT2D eigenvalue weighted by Gasteiger charge is -2.20. The number of rotatable bonds is 5. The van der Waals surface area contributed by atoms with Crippen LogP contribution in [0.2, 0.25) is 0 Å². The summed E-state index contributed by atoms with van der Waals surface area (Å²) in [6, 6.07) is 9.90. The smallest absolute Gasteiger partial charge is 0.239 e. The molecule has 106 valence electrons. The van der Waals surface area contributed by atoms with Crippen molar-refractivity contribution < 1.29 is 4.79 Å². The van der Waals surface area contributed by atoms with Crippen LogP contribution in [0.5, 0.6) is 0 Å². The maximum Gasteiger partial charge on any atom is 0.239 e. The zero-order valence-corrected chi connectivity index (χ0v) is 12.3. The minimum absolute atomic E-state index is 0.112. The average molecular weight is 271 g/mol. The van der Waals surface area contributed by atoms with E-state index >= 15 is 0 Å². The Morgan fingerprint density at radius 1 is 1.35 bits per heavy atom. The molecule has 1 N–H and O–H groups in total. The Kier molecular flexibility index (Phi) is 4.69. The van der Waals surface area contributed by atoms with E-state index in [1.165, 1.54) is 0 Å². The predicted molar refractivity (Wildman–Crippen MR) is 81.4 cm³/mol. The van der Waals surface area contributed by atoms with Gasteiger partial charge in [-0.3, -0.25) is 9.78 Å². The maximum atomic E-state index is 12.0. The monoisotopic (exact) mass is 271 g/mol. The molecule has 1 atom stereocenters. The van der Waals surface area contributed by atoms with Gasteiger partial charge in [-0.25, -0.2) is 0 Å². The number of fused-ring (bicyclic) bond motifs is 1. The lowest BCUT2D eigenvalue weighted by atomic mass is 10.1. The van der Waals surface area contributed by atoms with Crippen LogP contribution >= 0.6 is 0 Å². The minimum Gasteiger partial charge on any atom is -0.345 e.